The van der Waals surface area contributed by atoms with Crippen LogP contribution in [0.2, 0.25) is 0 Å². The van der Waals surface area contributed by atoms with E-state index in [0.29, 0.717) is 0 Å². The first-order valence-corrected chi connectivity index (χ1v) is 9.11. The number of carbonyl (C=O) groups excluding carboxylic acids is 3. The molecule has 8 nitrogen and oxygen atoms in total. The predicted octanol–water partition coefficient (Wildman–Crippen LogP) is 1.61. The highest BCUT2D eigenvalue weighted by Gasteiger charge is 2.23. The maximum atomic E-state index is 12.5. The van der Waals surface area contributed by atoms with Gasteiger partial charge in [0.05, 0.1) is 6.54 Å². The van der Waals surface area contributed by atoms with Crippen LogP contribution in [0.15, 0.2) is 60.8 Å². The van der Waals surface area contributed by atoms with Crippen molar-refractivity contribution in [1.82, 2.24) is 15.6 Å². The van der Waals surface area contributed by atoms with E-state index >= 15 is 0 Å². The summed E-state index contributed by atoms with van der Waals surface area (Å²) in [6.45, 7) is -0.237. The molecule has 0 saturated heterocycles. The van der Waals surface area contributed by atoms with Gasteiger partial charge >= 0.3 is 6.09 Å². The second-order valence-corrected chi connectivity index (χ2v) is 6.51. The average Bonchev–Trinajstić information content (AvgIpc) is 3.13. The van der Waals surface area contributed by atoms with Crippen molar-refractivity contribution in [2.24, 2.45) is 5.73 Å². The van der Waals surface area contributed by atoms with Crippen molar-refractivity contribution in [2.75, 3.05) is 6.54 Å². The van der Waals surface area contributed by atoms with E-state index in [2.05, 4.69) is 15.6 Å². The normalized spacial score (nSPS) is 11.6. The number of fused-ring (bicyclic) bond motifs is 1. The molecule has 8 heteroatoms. The number of aromatic nitrogens is 1. The average molecular weight is 394 g/mol. The number of primary amides is 1. The van der Waals surface area contributed by atoms with Gasteiger partial charge in [-0.25, -0.2) is 4.79 Å². The number of aromatic amines is 1. The largest absolute Gasteiger partial charge is 0.445 e. The zero-order chi connectivity index (χ0) is 20.6. The molecule has 1 aromatic heterocycles. The number of ether oxygens (including phenoxy) is 1. The maximum absolute atomic E-state index is 12.5. The van der Waals surface area contributed by atoms with Crippen LogP contribution in [-0.4, -0.2) is 35.5 Å². The zero-order valence-electron chi connectivity index (χ0n) is 15.7. The van der Waals surface area contributed by atoms with E-state index in [4.69, 9.17) is 10.5 Å². The monoisotopic (exact) mass is 394 g/mol. The van der Waals surface area contributed by atoms with Gasteiger partial charge in [0.15, 0.2) is 0 Å². The Kier molecular flexibility index (Phi) is 6.47. The molecule has 3 rings (SSSR count). The number of nitrogens with one attached hydrogen (secondary N) is 3. The molecule has 1 unspecified atom stereocenters. The standard InChI is InChI=1S/C21H22N4O4/c22-19(26)12-24-20(27)18(10-15-11-23-17-9-5-4-8-16(15)17)25-21(28)29-13-14-6-2-1-3-7-14/h1-9,11,18,23H,10,12-13H2,(H2,22,26)(H,24,27)(H,25,28). The van der Waals surface area contributed by atoms with Crippen LogP contribution in [0.5, 0.6) is 0 Å². The number of para-hydroxylation sites is 1. The van der Waals surface area contributed by atoms with Crippen LogP contribution in [0.4, 0.5) is 4.79 Å². The molecule has 0 radical (unpaired) electrons. The van der Waals surface area contributed by atoms with Gasteiger partial charge in [-0.2, -0.15) is 0 Å². The Morgan fingerprint density at radius 1 is 1.03 bits per heavy atom. The van der Waals surface area contributed by atoms with Crippen molar-refractivity contribution < 1.29 is 19.1 Å². The Hall–Kier alpha value is -3.81. The number of hydrogen-bond acceptors (Lipinski definition) is 4. The second-order valence-electron chi connectivity index (χ2n) is 6.51. The van der Waals surface area contributed by atoms with E-state index in [1.807, 2.05) is 54.6 Å². The molecule has 29 heavy (non-hydrogen) atoms. The molecule has 0 aliphatic heterocycles. The SMILES string of the molecule is NC(=O)CNC(=O)C(Cc1c[nH]c2ccccc12)NC(=O)OCc1ccccc1. The molecule has 2 aromatic carbocycles. The van der Waals surface area contributed by atoms with Gasteiger partial charge in [-0.15, -0.1) is 0 Å². The molecular weight excluding hydrogens is 372 g/mol. The summed E-state index contributed by atoms with van der Waals surface area (Å²) in [6, 6.07) is 15.9. The van der Waals surface area contributed by atoms with Crippen LogP contribution in [0, 0.1) is 0 Å². The zero-order valence-corrected chi connectivity index (χ0v) is 15.7. The molecule has 1 atom stereocenters. The third kappa shape index (κ3) is 5.58. The van der Waals surface area contributed by atoms with Crippen LogP contribution < -0.4 is 16.4 Å². The fraction of sp³-hybridized carbons (Fsp3) is 0.190. The van der Waals surface area contributed by atoms with Crippen LogP contribution in [-0.2, 0) is 27.4 Å². The molecule has 1 heterocycles. The van der Waals surface area contributed by atoms with E-state index in [-0.39, 0.29) is 19.6 Å². The Morgan fingerprint density at radius 3 is 2.52 bits per heavy atom. The quantitative estimate of drug-likeness (QED) is 0.463. The summed E-state index contributed by atoms with van der Waals surface area (Å²) in [5.74, 6) is -1.19. The number of H-pyrrole nitrogens is 1. The summed E-state index contributed by atoms with van der Waals surface area (Å²) < 4.78 is 5.21. The van der Waals surface area contributed by atoms with Crippen LogP contribution in [0.1, 0.15) is 11.1 Å². The summed E-state index contributed by atoms with van der Waals surface area (Å²) in [5.41, 5.74) is 7.69. The van der Waals surface area contributed by atoms with E-state index in [1.54, 1.807) is 6.20 Å². The highest BCUT2D eigenvalue weighted by atomic mass is 16.5. The van der Waals surface area contributed by atoms with Gasteiger partial charge in [0.25, 0.3) is 0 Å². The second kappa shape index (κ2) is 9.41. The van der Waals surface area contributed by atoms with Crippen molar-refractivity contribution in [3.05, 3.63) is 71.9 Å². The van der Waals surface area contributed by atoms with Gasteiger partial charge in [0.2, 0.25) is 11.8 Å². The van der Waals surface area contributed by atoms with Crippen molar-refractivity contribution in [3.63, 3.8) is 0 Å². The minimum absolute atomic E-state index is 0.0788. The number of alkyl carbamates (subject to hydrolysis) is 1. The molecule has 0 spiro atoms. The van der Waals surface area contributed by atoms with E-state index in [1.165, 1.54) is 0 Å². The summed E-state index contributed by atoms with van der Waals surface area (Å²) >= 11 is 0. The summed E-state index contributed by atoms with van der Waals surface area (Å²) in [4.78, 5) is 38.9. The third-order valence-electron chi connectivity index (χ3n) is 4.36. The highest BCUT2D eigenvalue weighted by molar-refractivity contribution is 5.90. The molecule has 0 saturated carbocycles. The summed E-state index contributed by atoms with van der Waals surface area (Å²) in [6.07, 6.45) is 1.28. The van der Waals surface area contributed by atoms with Gasteiger partial charge < -0.3 is 26.1 Å². The number of carbonyl (C=O) groups is 3. The van der Waals surface area contributed by atoms with Crippen molar-refractivity contribution in [3.8, 4) is 0 Å². The maximum Gasteiger partial charge on any atom is 0.408 e. The van der Waals surface area contributed by atoms with Gasteiger partial charge in [0.1, 0.15) is 12.6 Å². The Balaban J connectivity index is 1.69. The molecule has 0 aliphatic rings. The molecule has 5 N–H and O–H groups in total. The molecule has 0 bridgehead atoms. The van der Waals surface area contributed by atoms with E-state index in [0.717, 1.165) is 22.0 Å². The summed E-state index contributed by atoms with van der Waals surface area (Å²) in [5, 5.41) is 5.95. The fourth-order valence-electron chi connectivity index (χ4n) is 2.93. The smallest absolute Gasteiger partial charge is 0.408 e. The van der Waals surface area contributed by atoms with Gasteiger partial charge in [0, 0.05) is 23.5 Å². The van der Waals surface area contributed by atoms with E-state index < -0.39 is 23.9 Å². The lowest BCUT2D eigenvalue weighted by Gasteiger charge is -2.18. The molecule has 0 aliphatic carbocycles. The van der Waals surface area contributed by atoms with Crippen molar-refractivity contribution >= 4 is 28.8 Å². The lowest BCUT2D eigenvalue weighted by atomic mass is 10.0. The van der Waals surface area contributed by atoms with Gasteiger partial charge in [-0.05, 0) is 17.2 Å². The van der Waals surface area contributed by atoms with Gasteiger partial charge in [-0.1, -0.05) is 48.5 Å². The molecular formula is C21H22N4O4. The Bertz CT molecular complexity index is 1000. The first-order chi connectivity index (χ1) is 14.0. The molecule has 0 fully saturated rings. The fourth-order valence-corrected chi connectivity index (χ4v) is 2.93. The number of hydrogen-bond donors (Lipinski definition) is 4. The number of benzene rings is 2. The predicted molar refractivity (Wildman–Crippen MR) is 108 cm³/mol. The Labute approximate surface area is 167 Å². The summed E-state index contributed by atoms with van der Waals surface area (Å²) in [7, 11) is 0. The first-order valence-electron chi connectivity index (χ1n) is 9.11. The minimum Gasteiger partial charge on any atom is -0.445 e. The lowest BCUT2D eigenvalue weighted by Crippen LogP contribution is -2.49. The number of amides is 3. The van der Waals surface area contributed by atoms with Crippen LogP contribution >= 0.6 is 0 Å². The van der Waals surface area contributed by atoms with Crippen LogP contribution in [0.25, 0.3) is 10.9 Å². The minimum atomic E-state index is -0.933. The first kappa shape index (κ1) is 19.9. The Morgan fingerprint density at radius 2 is 1.76 bits per heavy atom. The molecule has 150 valence electrons. The van der Waals surface area contributed by atoms with Crippen LogP contribution in [0.3, 0.4) is 0 Å². The molecule has 3 amide bonds. The lowest BCUT2D eigenvalue weighted by molar-refractivity contribution is -0.126. The number of nitrogens with two attached hydrogens (primary N) is 1. The highest BCUT2D eigenvalue weighted by Crippen LogP contribution is 2.19. The topological polar surface area (TPSA) is 126 Å². The third-order valence-corrected chi connectivity index (χ3v) is 4.36. The van der Waals surface area contributed by atoms with Gasteiger partial charge in [-0.3, -0.25) is 9.59 Å². The van der Waals surface area contributed by atoms with Crippen molar-refractivity contribution in [2.45, 2.75) is 19.1 Å². The van der Waals surface area contributed by atoms with E-state index in [9.17, 15) is 14.4 Å². The van der Waals surface area contributed by atoms with Crippen molar-refractivity contribution in [1.29, 1.82) is 0 Å². The number of rotatable bonds is 8. The molecule has 3 aromatic rings.